The second kappa shape index (κ2) is 5.48. The molecule has 0 aliphatic carbocycles. The lowest BCUT2D eigenvalue weighted by Gasteiger charge is -2.12. The Bertz CT molecular complexity index is 532. The van der Waals surface area contributed by atoms with Crippen LogP contribution in [0.3, 0.4) is 0 Å². The van der Waals surface area contributed by atoms with E-state index in [9.17, 15) is 14.6 Å². The first kappa shape index (κ1) is 13.0. The first-order valence-electron chi connectivity index (χ1n) is 5.34. The Kier molecular flexibility index (Phi) is 3.96. The number of rotatable bonds is 4. The molecule has 2 unspecified atom stereocenters. The predicted octanol–water partition coefficient (Wildman–Crippen LogP) is 1.64. The molecule has 0 fully saturated rings. The summed E-state index contributed by atoms with van der Waals surface area (Å²) in [6.07, 6.45) is 0.766. The quantitative estimate of drug-likeness (QED) is 0.831. The summed E-state index contributed by atoms with van der Waals surface area (Å²) in [5, 5.41) is 23.2. The van der Waals surface area contributed by atoms with Gasteiger partial charge in [0.2, 0.25) is 0 Å². The van der Waals surface area contributed by atoms with Gasteiger partial charge in [-0.1, -0.05) is 6.07 Å². The molecule has 0 aliphatic heterocycles. The maximum Gasteiger partial charge on any atom is 0.125 e. The molecule has 0 saturated heterocycles. The average Bonchev–Trinajstić information content (AvgIpc) is 2.86. The zero-order valence-electron chi connectivity index (χ0n) is 9.37. The van der Waals surface area contributed by atoms with Crippen LogP contribution in [0.1, 0.15) is 11.7 Å². The fourth-order valence-electron chi connectivity index (χ4n) is 1.56. The molecule has 1 aromatic carbocycles. The lowest BCUT2D eigenvalue weighted by Crippen LogP contribution is -2.19. The van der Waals surface area contributed by atoms with Gasteiger partial charge in [0.1, 0.15) is 11.9 Å². The van der Waals surface area contributed by atoms with Crippen LogP contribution in [0.2, 0.25) is 0 Å². The standard InChI is InChI=1S/C12H12ClFN2O2/c13-5-11(17)12(18)8-6-15-16(7-8)10-3-1-2-9(14)4-10/h1-4,6-7,11-12,17-18H,5H2. The van der Waals surface area contributed by atoms with E-state index in [0.717, 1.165) is 0 Å². The Hall–Kier alpha value is -1.43. The van der Waals surface area contributed by atoms with Crippen molar-refractivity contribution in [2.24, 2.45) is 0 Å². The van der Waals surface area contributed by atoms with E-state index in [1.807, 2.05) is 0 Å². The molecule has 0 amide bonds. The number of hydrogen-bond donors (Lipinski definition) is 2. The van der Waals surface area contributed by atoms with Crippen LogP contribution in [-0.4, -0.2) is 32.0 Å². The number of alkyl halides is 1. The first-order chi connectivity index (χ1) is 8.61. The van der Waals surface area contributed by atoms with E-state index in [0.29, 0.717) is 11.3 Å². The molecule has 0 bridgehead atoms. The van der Waals surface area contributed by atoms with E-state index in [1.165, 1.54) is 29.2 Å². The summed E-state index contributed by atoms with van der Waals surface area (Å²) >= 11 is 5.45. The molecule has 0 aliphatic rings. The number of aromatic nitrogens is 2. The van der Waals surface area contributed by atoms with Crippen molar-refractivity contribution in [2.75, 3.05) is 5.88 Å². The van der Waals surface area contributed by atoms with Crippen LogP contribution in [-0.2, 0) is 0 Å². The molecule has 6 heteroatoms. The number of hydrogen-bond acceptors (Lipinski definition) is 3. The SMILES string of the molecule is OC(CCl)C(O)c1cnn(-c2cccc(F)c2)c1. The van der Waals surface area contributed by atoms with Crippen LogP contribution >= 0.6 is 11.6 Å². The third-order valence-electron chi connectivity index (χ3n) is 2.54. The van der Waals surface area contributed by atoms with E-state index < -0.39 is 12.2 Å². The normalized spacial score (nSPS) is 14.4. The minimum Gasteiger partial charge on any atom is -0.389 e. The molecule has 18 heavy (non-hydrogen) atoms. The highest BCUT2D eigenvalue weighted by atomic mass is 35.5. The monoisotopic (exact) mass is 270 g/mol. The first-order valence-corrected chi connectivity index (χ1v) is 5.88. The number of benzene rings is 1. The van der Waals surface area contributed by atoms with Crippen LogP contribution in [0.15, 0.2) is 36.7 Å². The third-order valence-corrected chi connectivity index (χ3v) is 2.86. The molecule has 0 radical (unpaired) electrons. The Balaban J connectivity index is 2.25. The van der Waals surface area contributed by atoms with Crippen molar-refractivity contribution >= 4 is 11.6 Å². The number of aliphatic hydroxyl groups excluding tert-OH is 2. The van der Waals surface area contributed by atoms with Gasteiger partial charge in [-0.25, -0.2) is 9.07 Å². The average molecular weight is 271 g/mol. The van der Waals surface area contributed by atoms with Gasteiger partial charge in [-0.05, 0) is 18.2 Å². The Morgan fingerprint density at radius 2 is 2.17 bits per heavy atom. The second-order valence-electron chi connectivity index (χ2n) is 3.86. The summed E-state index contributed by atoms with van der Waals surface area (Å²) in [5.74, 6) is -0.447. The molecular formula is C12H12ClFN2O2. The van der Waals surface area contributed by atoms with E-state index in [1.54, 1.807) is 12.1 Å². The maximum atomic E-state index is 13.1. The molecule has 2 aromatic rings. The number of nitrogens with zero attached hydrogens (tertiary/aromatic N) is 2. The van der Waals surface area contributed by atoms with Crippen molar-refractivity contribution in [2.45, 2.75) is 12.2 Å². The molecule has 0 saturated carbocycles. The van der Waals surface area contributed by atoms with Crippen LogP contribution < -0.4 is 0 Å². The second-order valence-corrected chi connectivity index (χ2v) is 4.17. The lowest BCUT2D eigenvalue weighted by molar-refractivity contribution is 0.0327. The van der Waals surface area contributed by atoms with Gasteiger partial charge in [0.15, 0.2) is 0 Å². The molecule has 2 N–H and O–H groups in total. The molecule has 2 rings (SSSR count). The topological polar surface area (TPSA) is 58.3 Å². The van der Waals surface area contributed by atoms with E-state index >= 15 is 0 Å². The highest BCUT2D eigenvalue weighted by molar-refractivity contribution is 6.18. The fraction of sp³-hybridized carbons (Fsp3) is 0.250. The molecule has 1 aromatic heterocycles. The van der Waals surface area contributed by atoms with E-state index in [4.69, 9.17) is 11.6 Å². The Morgan fingerprint density at radius 1 is 1.39 bits per heavy atom. The van der Waals surface area contributed by atoms with Gasteiger partial charge in [0.05, 0.1) is 23.9 Å². The molecule has 4 nitrogen and oxygen atoms in total. The van der Waals surface area contributed by atoms with Gasteiger partial charge in [-0.15, -0.1) is 11.6 Å². The lowest BCUT2D eigenvalue weighted by atomic mass is 10.1. The van der Waals surface area contributed by atoms with Gasteiger partial charge in [0.25, 0.3) is 0 Å². The molecular weight excluding hydrogens is 259 g/mol. The van der Waals surface area contributed by atoms with Crippen molar-refractivity contribution in [1.82, 2.24) is 9.78 Å². The summed E-state index contributed by atoms with van der Waals surface area (Å²) in [6, 6.07) is 5.90. The summed E-state index contributed by atoms with van der Waals surface area (Å²) in [5.41, 5.74) is 0.959. The minimum absolute atomic E-state index is 0.0771. The van der Waals surface area contributed by atoms with Gasteiger partial charge < -0.3 is 10.2 Å². The van der Waals surface area contributed by atoms with Crippen LogP contribution in [0.5, 0.6) is 0 Å². The predicted molar refractivity (Wildman–Crippen MR) is 65.2 cm³/mol. The highest BCUT2D eigenvalue weighted by Crippen LogP contribution is 2.19. The molecule has 1 heterocycles. The number of halogens is 2. The largest absolute Gasteiger partial charge is 0.389 e. The zero-order valence-corrected chi connectivity index (χ0v) is 10.1. The molecule has 2 atom stereocenters. The number of aliphatic hydroxyl groups is 2. The van der Waals surface area contributed by atoms with E-state index in [-0.39, 0.29) is 11.7 Å². The van der Waals surface area contributed by atoms with Crippen LogP contribution in [0, 0.1) is 5.82 Å². The smallest absolute Gasteiger partial charge is 0.125 e. The maximum absolute atomic E-state index is 13.1. The summed E-state index contributed by atoms with van der Waals surface area (Å²) in [6.45, 7) is 0. The molecule has 96 valence electrons. The van der Waals surface area contributed by atoms with Gasteiger partial charge in [-0.3, -0.25) is 0 Å². The van der Waals surface area contributed by atoms with Crippen LogP contribution in [0.25, 0.3) is 5.69 Å². The van der Waals surface area contributed by atoms with Crippen LogP contribution in [0.4, 0.5) is 4.39 Å². The van der Waals surface area contributed by atoms with Gasteiger partial charge in [-0.2, -0.15) is 5.10 Å². The van der Waals surface area contributed by atoms with E-state index in [2.05, 4.69) is 5.10 Å². The fourth-order valence-corrected chi connectivity index (χ4v) is 1.72. The summed E-state index contributed by atoms with van der Waals surface area (Å²) in [4.78, 5) is 0. The summed E-state index contributed by atoms with van der Waals surface area (Å²) < 4.78 is 14.5. The molecule has 0 spiro atoms. The third kappa shape index (κ3) is 2.69. The van der Waals surface area contributed by atoms with Crippen molar-refractivity contribution in [1.29, 1.82) is 0 Å². The van der Waals surface area contributed by atoms with Crippen molar-refractivity contribution in [3.8, 4) is 5.69 Å². The van der Waals surface area contributed by atoms with Crippen molar-refractivity contribution < 1.29 is 14.6 Å². The van der Waals surface area contributed by atoms with Crippen molar-refractivity contribution in [3.05, 3.63) is 48.0 Å². The Labute approximate surface area is 108 Å². The summed E-state index contributed by atoms with van der Waals surface area (Å²) in [7, 11) is 0. The minimum atomic E-state index is -1.11. The van der Waals surface area contributed by atoms with Crippen molar-refractivity contribution in [3.63, 3.8) is 0 Å². The zero-order chi connectivity index (χ0) is 13.1. The van der Waals surface area contributed by atoms with Gasteiger partial charge >= 0.3 is 0 Å². The highest BCUT2D eigenvalue weighted by Gasteiger charge is 2.19. The van der Waals surface area contributed by atoms with Gasteiger partial charge in [0, 0.05) is 11.8 Å². The Morgan fingerprint density at radius 3 is 2.83 bits per heavy atom.